The molecule has 3 heteroatoms. The summed E-state index contributed by atoms with van der Waals surface area (Å²) < 4.78 is 5.80. The van der Waals surface area contributed by atoms with Gasteiger partial charge in [0.15, 0.2) is 6.29 Å². The van der Waals surface area contributed by atoms with Gasteiger partial charge in [0.2, 0.25) is 0 Å². The summed E-state index contributed by atoms with van der Waals surface area (Å²) in [6.45, 7) is 7.95. The zero-order valence-electron chi connectivity index (χ0n) is 11.2. The second kappa shape index (κ2) is 6.01. The molecular weight excluding hydrogens is 226 g/mol. The summed E-state index contributed by atoms with van der Waals surface area (Å²) in [5, 5.41) is 0. The molecule has 0 unspecified atom stereocenters. The predicted molar refractivity (Wildman–Crippen MR) is 72.5 cm³/mol. The van der Waals surface area contributed by atoms with E-state index in [-0.39, 0.29) is 0 Å². The normalized spacial score (nSPS) is 15.9. The van der Waals surface area contributed by atoms with Crippen LogP contribution < -0.4 is 4.74 Å². The number of aldehydes is 1. The average molecular weight is 247 g/mol. The predicted octanol–water partition coefficient (Wildman–Crippen LogP) is 2.59. The molecule has 1 saturated heterocycles. The van der Waals surface area contributed by atoms with Gasteiger partial charge in [0.25, 0.3) is 0 Å². The van der Waals surface area contributed by atoms with Crippen LogP contribution in [0, 0.1) is 13.8 Å². The minimum absolute atomic E-state index is 0.657. The van der Waals surface area contributed by atoms with E-state index in [9.17, 15) is 4.79 Å². The number of benzene rings is 1. The minimum atomic E-state index is 0.657. The summed E-state index contributed by atoms with van der Waals surface area (Å²) in [5.41, 5.74) is 2.80. The number of ether oxygens (including phenoxy) is 1. The van der Waals surface area contributed by atoms with E-state index in [0.717, 1.165) is 29.7 Å². The molecule has 0 radical (unpaired) electrons. The molecule has 18 heavy (non-hydrogen) atoms. The Morgan fingerprint density at radius 1 is 1.28 bits per heavy atom. The zero-order chi connectivity index (χ0) is 13.0. The van der Waals surface area contributed by atoms with Crippen LogP contribution in [0.2, 0.25) is 0 Å². The summed E-state index contributed by atoms with van der Waals surface area (Å²) in [5.74, 6) is 0.745. The van der Waals surface area contributed by atoms with Crippen molar-refractivity contribution >= 4 is 6.29 Å². The van der Waals surface area contributed by atoms with E-state index in [1.54, 1.807) is 0 Å². The molecule has 98 valence electrons. The average Bonchev–Trinajstić information content (AvgIpc) is 2.84. The molecule has 0 aromatic heterocycles. The summed E-state index contributed by atoms with van der Waals surface area (Å²) in [4.78, 5) is 13.5. The van der Waals surface area contributed by atoms with Crippen molar-refractivity contribution in [2.24, 2.45) is 0 Å². The van der Waals surface area contributed by atoms with Crippen LogP contribution in [0.5, 0.6) is 5.75 Å². The molecule has 0 N–H and O–H groups in total. The van der Waals surface area contributed by atoms with Crippen molar-refractivity contribution in [3.63, 3.8) is 0 Å². The van der Waals surface area contributed by atoms with Crippen LogP contribution in [0.1, 0.15) is 34.3 Å². The maximum absolute atomic E-state index is 11.1. The molecule has 1 aliphatic rings. The van der Waals surface area contributed by atoms with Crippen molar-refractivity contribution in [1.82, 2.24) is 4.90 Å². The Morgan fingerprint density at radius 3 is 2.67 bits per heavy atom. The molecule has 1 aromatic rings. The molecule has 1 heterocycles. The Bertz CT molecular complexity index is 423. The Hall–Kier alpha value is -1.35. The van der Waals surface area contributed by atoms with Crippen molar-refractivity contribution in [3.8, 4) is 5.75 Å². The van der Waals surface area contributed by atoms with Gasteiger partial charge >= 0.3 is 0 Å². The smallest absolute Gasteiger partial charge is 0.153 e. The lowest BCUT2D eigenvalue weighted by Crippen LogP contribution is -2.25. The van der Waals surface area contributed by atoms with Crippen LogP contribution in [0.4, 0.5) is 0 Å². The highest BCUT2D eigenvalue weighted by Gasteiger charge is 2.12. The molecule has 1 aromatic carbocycles. The van der Waals surface area contributed by atoms with Gasteiger partial charge in [0, 0.05) is 6.54 Å². The molecule has 0 atom stereocenters. The number of hydrogen-bond acceptors (Lipinski definition) is 3. The minimum Gasteiger partial charge on any atom is -0.491 e. The topological polar surface area (TPSA) is 29.5 Å². The van der Waals surface area contributed by atoms with E-state index in [0.29, 0.717) is 12.2 Å². The summed E-state index contributed by atoms with van der Waals surface area (Å²) in [6, 6.07) is 3.93. The van der Waals surface area contributed by atoms with Gasteiger partial charge < -0.3 is 4.74 Å². The van der Waals surface area contributed by atoms with Crippen LogP contribution in [-0.4, -0.2) is 37.4 Å². The van der Waals surface area contributed by atoms with Gasteiger partial charge in [-0.3, -0.25) is 9.69 Å². The first-order valence-electron chi connectivity index (χ1n) is 6.62. The third-order valence-electron chi connectivity index (χ3n) is 3.43. The lowest BCUT2D eigenvalue weighted by Gasteiger charge is -2.17. The maximum atomic E-state index is 11.1. The van der Waals surface area contributed by atoms with Crippen LogP contribution in [-0.2, 0) is 0 Å². The van der Waals surface area contributed by atoms with E-state index in [1.807, 2.05) is 19.9 Å². The van der Waals surface area contributed by atoms with E-state index >= 15 is 0 Å². The van der Waals surface area contributed by atoms with Crippen LogP contribution in [0.25, 0.3) is 0 Å². The van der Waals surface area contributed by atoms with Crippen molar-refractivity contribution in [2.75, 3.05) is 26.2 Å². The summed E-state index contributed by atoms with van der Waals surface area (Å²) >= 11 is 0. The quantitative estimate of drug-likeness (QED) is 0.749. The fraction of sp³-hybridized carbons (Fsp3) is 0.533. The Labute approximate surface area is 109 Å². The van der Waals surface area contributed by atoms with Gasteiger partial charge in [0.05, 0.1) is 5.56 Å². The first-order chi connectivity index (χ1) is 8.70. The fourth-order valence-electron chi connectivity index (χ4n) is 2.55. The SMILES string of the molecule is Cc1cc(C)c(OCCN2CCCC2)c(C=O)c1. The first kappa shape index (κ1) is 13.1. The number of hydrogen-bond donors (Lipinski definition) is 0. The standard InChI is InChI=1S/C15H21NO2/c1-12-9-13(2)15(14(10-12)11-17)18-8-7-16-5-3-4-6-16/h9-11H,3-8H2,1-2H3. The number of carbonyl (C=O) groups is 1. The van der Waals surface area contributed by atoms with Gasteiger partial charge in [-0.2, -0.15) is 0 Å². The largest absolute Gasteiger partial charge is 0.491 e. The zero-order valence-corrected chi connectivity index (χ0v) is 11.2. The summed E-state index contributed by atoms with van der Waals surface area (Å²) in [6.07, 6.45) is 3.47. The van der Waals surface area contributed by atoms with Gasteiger partial charge in [-0.25, -0.2) is 0 Å². The Kier molecular flexibility index (Phi) is 4.37. The van der Waals surface area contributed by atoms with Gasteiger partial charge in [-0.05, 0) is 57.0 Å². The molecular formula is C15H21NO2. The third-order valence-corrected chi connectivity index (χ3v) is 3.43. The second-order valence-corrected chi connectivity index (χ2v) is 5.02. The highest BCUT2D eigenvalue weighted by atomic mass is 16.5. The number of aryl methyl sites for hydroxylation is 2. The van der Waals surface area contributed by atoms with E-state index in [1.165, 1.54) is 25.9 Å². The van der Waals surface area contributed by atoms with Crippen molar-refractivity contribution in [1.29, 1.82) is 0 Å². The molecule has 1 fully saturated rings. The molecule has 0 bridgehead atoms. The number of likely N-dealkylation sites (tertiary alicyclic amines) is 1. The number of carbonyl (C=O) groups excluding carboxylic acids is 1. The van der Waals surface area contributed by atoms with Gasteiger partial charge in [0.1, 0.15) is 12.4 Å². The second-order valence-electron chi connectivity index (χ2n) is 5.02. The van der Waals surface area contributed by atoms with E-state index in [2.05, 4.69) is 11.0 Å². The van der Waals surface area contributed by atoms with Gasteiger partial charge in [-0.1, -0.05) is 6.07 Å². The maximum Gasteiger partial charge on any atom is 0.153 e. The lowest BCUT2D eigenvalue weighted by atomic mass is 10.1. The third kappa shape index (κ3) is 3.10. The Morgan fingerprint density at radius 2 is 2.00 bits per heavy atom. The van der Waals surface area contributed by atoms with Crippen molar-refractivity contribution in [2.45, 2.75) is 26.7 Å². The first-order valence-corrected chi connectivity index (χ1v) is 6.62. The van der Waals surface area contributed by atoms with Crippen LogP contribution in [0.15, 0.2) is 12.1 Å². The fourth-order valence-corrected chi connectivity index (χ4v) is 2.55. The highest BCUT2D eigenvalue weighted by Crippen LogP contribution is 2.24. The van der Waals surface area contributed by atoms with Crippen molar-refractivity contribution < 1.29 is 9.53 Å². The molecule has 1 aliphatic heterocycles. The molecule has 0 spiro atoms. The number of nitrogens with zero attached hydrogens (tertiary/aromatic N) is 1. The molecule has 0 aliphatic carbocycles. The van der Waals surface area contributed by atoms with E-state index in [4.69, 9.17) is 4.74 Å². The Balaban J connectivity index is 1.97. The van der Waals surface area contributed by atoms with Crippen LogP contribution >= 0.6 is 0 Å². The number of rotatable bonds is 5. The van der Waals surface area contributed by atoms with Crippen LogP contribution in [0.3, 0.4) is 0 Å². The van der Waals surface area contributed by atoms with Gasteiger partial charge in [-0.15, -0.1) is 0 Å². The molecule has 0 amide bonds. The molecule has 2 rings (SSSR count). The van der Waals surface area contributed by atoms with Crippen molar-refractivity contribution in [3.05, 3.63) is 28.8 Å². The monoisotopic (exact) mass is 247 g/mol. The lowest BCUT2D eigenvalue weighted by molar-refractivity contribution is 0.111. The van der Waals surface area contributed by atoms with E-state index < -0.39 is 0 Å². The summed E-state index contributed by atoms with van der Waals surface area (Å²) in [7, 11) is 0. The molecule has 3 nitrogen and oxygen atoms in total. The molecule has 0 saturated carbocycles. The highest BCUT2D eigenvalue weighted by molar-refractivity contribution is 5.80.